The Morgan fingerprint density at radius 2 is 1.72 bits per heavy atom. The topological polar surface area (TPSA) is 107 Å². The number of benzene rings is 3. The van der Waals surface area contributed by atoms with Crippen molar-refractivity contribution >= 4 is 35.2 Å². The highest BCUT2D eigenvalue weighted by molar-refractivity contribution is 5.99. The molecule has 2 atom stereocenters. The van der Waals surface area contributed by atoms with Crippen LogP contribution < -0.4 is 15.8 Å². The van der Waals surface area contributed by atoms with Crippen LogP contribution in [-0.2, 0) is 29.0 Å². The molecule has 3 aromatic rings. The molecule has 7 heteroatoms. The quantitative estimate of drug-likeness (QED) is 0.486. The number of anilines is 1. The maximum atomic E-state index is 13.7. The van der Waals surface area contributed by atoms with Crippen LogP contribution in [0.4, 0.5) is 5.69 Å². The van der Waals surface area contributed by atoms with Crippen LogP contribution in [0.3, 0.4) is 0 Å². The van der Waals surface area contributed by atoms with Crippen LogP contribution in [0.2, 0.25) is 0 Å². The highest BCUT2D eigenvalue weighted by Gasteiger charge is 2.51. The Bertz CT molecular complexity index is 1790. The number of rotatable bonds is 4. The third-order valence-corrected chi connectivity index (χ3v) is 8.74. The van der Waals surface area contributed by atoms with Gasteiger partial charge in [-0.1, -0.05) is 48.5 Å². The minimum Gasteiger partial charge on any atom is -0.481 e. The normalized spacial score (nSPS) is 19.2. The molecule has 0 aromatic heterocycles. The van der Waals surface area contributed by atoms with E-state index in [1.165, 1.54) is 0 Å². The number of likely N-dealkylation sites (N-methyl/N-ethyl adjacent to an activating group) is 1. The van der Waals surface area contributed by atoms with Gasteiger partial charge < -0.3 is 20.4 Å². The number of amides is 1. The molecule has 1 aliphatic heterocycles. The minimum absolute atomic E-state index is 0.253. The van der Waals surface area contributed by atoms with Gasteiger partial charge in [-0.05, 0) is 87.9 Å². The van der Waals surface area contributed by atoms with Crippen molar-refractivity contribution < 1.29 is 24.6 Å². The number of carboxylic acids is 2. The molecule has 0 saturated carbocycles. The minimum atomic E-state index is -1.49. The van der Waals surface area contributed by atoms with E-state index in [-0.39, 0.29) is 11.5 Å². The van der Waals surface area contributed by atoms with E-state index >= 15 is 0 Å². The lowest BCUT2D eigenvalue weighted by Gasteiger charge is -2.38. The fourth-order valence-corrected chi connectivity index (χ4v) is 6.66. The van der Waals surface area contributed by atoms with Crippen LogP contribution in [0.5, 0.6) is 0 Å². The number of para-hydroxylation sites is 1. The second-order valence-electron chi connectivity index (χ2n) is 10.9. The van der Waals surface area contributed by atoms with Crippen LogP contribution in [0.15, 0.2) is 54.6 Å². The number of carbonyl (C=O) groups is 3. The van der Waals surface area contributed by atoms with Gasteiger partial charge in [0.05, 0.1) is 5.56 Å². The lowest BCUT2D eigenvalue weighted by atomic mass is 9.69. The van der Waals surface area contributed by atoms with Gasteiger partial charge in [-0.2, -0.15) is 0 Å². The fraction of sp³-hybridized carbons (Fsp3) is 0.281. The van der Waals surface area contributed by atoms with Gasteiger partial charge in [-0.25, -0.2) is 4.79 Å². The molecule has 0 fully saturated rings. The summed E-state index contributed by atoms with van der Waals surface area (Å²) in [5.41, 5.74) is 3.47. The van der Waals surface area contributed by atoms with E-state index in [9.17, 15) is 24.6 Å². The molecule has 3 aromatic carbocycles. The largest absolute Gasteiger partial charge is 0.481 e. The van der Waals surface area contributed by atoms with Gasteiger partial charge >= 0.3 is 11.9 Å². The number of hydrogen-bond acceptors (Lipinski definition) is 4. The van der Waals surface area contributed by atoms with Crippen LogP contribution in [0.1, 0.15) is 46.8 Å². The lowest BCUT2D eigenvalue weighted by Crippen LogP contribution is -2.54. The summed E-state index contributed by atoms with van der Waals surface area (Å²) in [4.78, 5) is 40.3. The highest BCUT2D eigenvalue weighted by Crippen LogP contribution is 2.41. The third-order valence-electron chi connectivity index (χ3n) is 8.74. The average Bonchev–Trinajstić information content (AvgIpc) is 3.07. The lowest BCUT2D eigenvalue weighted by molar-refractivity contribution is -0.149. The number of carbonyl (C=O) groups excluding carboxylic acids is 1. The molecule has 2 aliphatic carbocycles. The molecule has 3 N–H and O–H groups in total. The third kappa shape index (κ3) is 3.75. The van der Waals surface area contributed by atoms with Gasteiger partial charge in [0.15, 0.2) is 0 Å². The molecular formula is C32H30N2O5. The van der Waals surface area contributed by atoms with Crippen molar-refractivity contribution in [2.24, 2.45) is 5.41 Å². The molecule has 3 aliphatic rings. The molecule has 0 radical (unpaired) electrons. The van der Waals surface area contributed by atoms with E-state index in [1.807, 2.05) is 48.5 Å². The SMILES string of the molecule is CN1Cc2ccccc2N[C@@H]([C@@](C)(C(=O)O)C2=c3ccc4c(c3CCC2)CC=c2c(C(=O)O)cccc2=4)C1=O. The molecule has 39 heavy (non-hydrogen) atoms. The van der Waals surface area contributed by atoms with Crippen molar-refractivity contribution in [1.29, 1.82) is 0 Å². The number of aliphatic carboxylic acids is 1. The second kappa shape index (κ2) is 9.12. The van der Waals surface area contributed by atoms with Crippen molar-refractivity contribution in [3.8, 4) is 0 Å². The Labute approximate surface area is 225 Å². The summed E-state index contributed by atoms with van der Waals surface area (Å²) in [6, 6.07) is 16.0. The molecular weight excluding hydrogens is 492 g/mol. The molecule has 198 valence electrons. The number of hydrogen-bond donors (Lipinski definition) is 3. The molecule has 0 saturated heterocycles. The Morgan fingerprint density at radius 3 is 2.49 bits per heavy atom. The standard InChI is InChI=1S/C32H30N2O5/c1-32(31(38)39,28-29(35)34(2)17-18-7-3-4-12-27(18)33-28)26-11-6-9-20-22-13-14-23-19(21(22)15-16-24(20)26)8-5-10-25(23)30(36)37/h3-5,7-8,10,12,14-16,28,33H,6,9,11,13,17H2,1-2H3,(H,36,37)(H,38,39)/t28-,32+/m1/s1. The van der Waals surface area contributed by atoms with Crippen molar-refractivity contribution in [2.75, 3.05) is 12.4 Å². The van der Waals surface area contributed by atoms with Gasteiger partial charge in [0, 0.05) is 19.3 Å². The first-order chi connectivity index (χ1) is 18.7. The maximum absolute atomic E-state index is 13.7. The Balaban J connectivity index is 1.61. The van der Waals surface area contributed by atoms with Crippen molar-refractivity contribution in [3.05, 3.63) is 97.7 Å². The van der Waals surface area contributed by atoms with Gasteiger partial charge in [-0.3, -0.25) is 9.59 Å². The molecule has 1 heterocycles. The van der Waals surface area contributed by atoms with Crippen LogP contribution in [0.25, 0.3) is 11.6 Å². The zero-order valence-corrected chi connectivity index (χ0v) is 22.0. The van der Waals surface area contributed by atoms with Crippen LogP contribution in [0, 0.1) is 15.9 Å². The number of aromatic carboxylic acids is 1. The predicted octanol–water partition coefficient (Wildman–Crippen LogP) is 3.04. The van der Waals surface area contributed by atoms with Gasteiger partial charge in [0.1, 0.15) is 11.5 Å². The van der Waals surface area contributed by atoms with E-state index in [4.69, 9.17) is 0 Å². The number of nitrogens with one attached hydrogen (secondary N) is 1. The first-order valence-electron chi connectivity index (χ1n) is 13.3. The molecule has 0 spiro atoms. The van der Waals surface area contributed by atoms with Crippen LogP contribution >= 0.6 is 0 Å². The number of nitrogens with zero attached hydrogens (tertiary/aromatic N) is 1. The first kappa shape index (κ1) is 24.9. The van der Waals surface area contributed by atoms with E-state index in [2.05, 4.69) is 5.32 Å². The number of carboxylic acid groups (broad SMARTS) is 2. The summed E-state index contributed by atoms with van der Waals surface area (Å²) in [6.07, 6.45) is 4.69. The summed E-state index contributed by atoms with van der Waals surface area (Å²) < 4.78 is 0. The van der Waals surface area contributed by atoms with Gasteiger partial charge in [0.25, 0.3) is 0 Å². The van der Waals surface area contributed by atoms with E-state index < -0.39 is 23.4 Å². The van der Waals surface area contributed by atoms with Gasteiger partial charge in [0.2, 0.25) is 5.91 Å². The molecule has 6 rings (SSSR count). The van der Waals surface area contributed by atoms with E-state index in [0.29, 0.717) is 19.4 Å². The Hall–Kier alpha value is -4.39. The number of fused-ring (bicyclic) bond motifs is 5. The Morgan fingerprint density at radius 1 is 0.949 bits per heavy atom. The molecule has 7 nitrogen and oxygen atoms in total. The summed E-state index contributed by atoms with van der Waals surface area (Å²) in [5.74, 6) is -2.24. The predicted molar refractivity (Wildman–Crippen MR) is 147 cm³/mol. The average molecular weight is 523 g/mol. The summed E-state index contributed by atoms with van der Waals surface area (Å²) >= 11 is 0. The fourth-order valence-electron chi connectivity index (χ4n) is 6.66. The van der Waals surface area contributed by atoms with Crippen LogP contribution in [-0.4, -0.2) is 46.0 Å². The van der Waals surface area contributed by atoms with Crippen molar-refractivity contribution in [3.63, 3.8) is 0 Å². The summed E-state index contributed by atoms with van der Waals surface area (Å²) in [7, 11) is 1.72. The molecule has 1 amide bonds. The monoisotopic (exact) mass is 522 g/mol. The Kier molecular flexibility index (Phi) is 5.83. The first-order valence-corrected chi connectivity index (χ1v) is 13.3. The van der Waals surface area contributed by atoms with E-state index in [1.54, 1.807) is 31.0 Å². The summed E-state index contributed by atoms with van der Waals surface area (Å²) in [6.45, 7) is 2.08. The van der Waals surface area contributed by atoms with Crippen molar-refractivity contribution in [2.45, 2.75) is 45.2 Å². The summed E-state index contributed by atoms with van der Waals surface area (Å²) in [5, 5.41) is 27.3. The smallest absolute Gasteiger partial charge is 0.336 e. The zero-order valence-electron chi connectivity index (χ0n) is 22.0. The second-order valence-corrected chi connectivity index (χ2v) is 10.9. The van der Waals surface area contributed by atoms with E-state index in [0.717, 1.165) is 61.7 Å². The molecule has 0 bridgehead atoms. The zero-order chi connectivity index (χ0) is 27.5. The molecule has 0 unspecified atom stereocenters. The van der Waals surface area contributed by atoms with Crippen molar-refractivity contribution in [1.82, 2.24) is 4.90 Å². The van der Waals surface area contributed by atoms with Gasteiger partial charge in [-0.15, -0.1) is 0 Å². The highest BCUT2D eigenvalue weighted by atomic mass is 16.4. The maximum Gasteiger partial charge on any atom is 0.336 e.